The molecule has 1 aliphatic rings. The third-order valence-electron chi connectivity index (χ3n) is 4.38. The molecule has 0 aromatic heterocycles. The molecular weight excluding hydrogens is 336 g/mol. The van der Waals surface area contributed by atoms with Crippen molar-refractivity contribution >= 4 is 29.1 Å². The van der Waals surface area contributed by atoms with Crippen molar-refractivity contribution in [3.05, 3.63) is 64.7 Å². The number of carbonyl (C=O) groups excluding carboxylic acids is 2. The van der Waals surface area contributed by atoms with Gasteiger partial charge >= 0.3 is 0 Å². The maximum absolute atomic E-state index is 12.8. The van der Waals surface area contributed by atoms with Crippen molar-refractivity contribution in [3.8, 4) is 0 Å². The summed E-state index contributed by atoms with van der Waals surface area (Å²) in [6, 6.07) is 14.4. The van der Waals surface area contributed by atoms with Crippen molar-refractivity contribution in [2.45, 2.75) is 25.7 Å². The minimum Gasteiger partial charge on any atom is -0.339 e. The van der Waals surface area contributed by atoms with E-state index < -0.39 is 0 Å². The molecule has 0 bridgehead atoms. The molecule has 2 amide bonds. The van der Waals surface area contributed by atoms with Crippen molar-refractivity contribution in [2.24, 2.45) is 0 Å². The number of anilines is 1. The van der Waals surface area contributed by atoms with Crippen LogP contribution in [-0.2, 0) is 11.2 Å². The summed E-state index contributed by atoms with van der Waals surface area (Å²) < 4.78 is 0. The summed E-state index contributed by atoms with van der Waals surface area (Å²) in [6.07, 6.45) is 3.41. The smallest absolute Gasteiger partial charge is 0.255 e. The molecule has 0 atom stereocenters. The van der Waals surface area contributed by atoms with E-state index in [1.54, 1.807) is 18.2 Å². The van der Waals surface area contributed by atoms with Crippen LogP contribution in [0.15, 0.2) is 48.5 Å². The van der Waals surface area contributed by atoms with E-state index in [4.69, 9.17) is 11.6 Å². The number of nitrogens with one attached hydrogen (secondary N) is 1. The Bertz CT molecular complexity index is 770. The van der Waals surface area contributed by atoms with Gasteiger partial charge in [-0.3, -0.25) is 9.59 Å². The van der Waals surface area contributed by atoms with Crippen LogP contribution in [0, 0.1) is 0 Å². The Morgan fingerprint density at radius 2 is 1.64 bits per heavy atom. The van der Waals surface area contributed by atoms with Gasteiger partial charge in [-0.2, -0.15) is 0 Å². The zero-order valence-corrected chi connectivity index (χ0v) is 14.8. The number of hydrogen-bond acceptors (Lipinski definition) is 2. The molecule has 4 nitrogen and oxygen atoms in total. The second-order valence-electron chi connectivity index (χ2n) is 6.21. The topological polar surface area (TPSA) is 49.4 Å². The van der Waals surface area contributed by atoms with Crippen LogP contribution in [0.4, 0.5) is 5.69 Å². The molecule has 1 heterocycles. The van der Waals surface area contributed by atoms with Gasteiger partial charge in [0.25, 0.3) is 5.91 Å². The zero-order valence-electron chi connectivity index (χ0n) is 14.0. The maximum atomic E-state index is 12.8. The number of benzene rings is 2. The molecule has 0 saturated carbocycles. The maximum Gasteiger partial charge on any atom is 0.255 e. The molecule has 3 rings (SSSR count). The Morgan fingerprint density at radius 3 is 2.40 bits per heavy atom. The van der Waals surface area contributed by atoms with E-state index in [1.807, 2.05) is 35.2 Å². The molecule has 0 aliphatic carbocycles. The third kappa shape index (κ3) is 4.40. The van der Waals surface area contributed by atoms with Crippen molar-refractivity contribution in [1.82, 2.24) is 4.90 Å². The Hall–Kier alpha value is -2.33. The van der Waals surface area contributed by atoms with Crippen LogP contribution < -0.4 is 5.32 Å². The first kappa shape index (κ1) is 17.5. The van der Waals surface area contributed by atoms with Crippen molar-refractivity contribution < 1.29 is 9.59 Å². The first-order valence-electron chi connectivity index (χ1n) is 8.57. The lowest BCUT2D eigenvalue weighted by atomic mass is 10.1. The van der Waals surface area contributed by atoms with E-state index in [9.17, 15) is 9.59 Å². The van der Waals surface area contributed by atoms with E-state index in [0.29, 0.717) is 16.3 Å². The summed E-state index contributed by atoms with van der Waals surface area (Å²) in [4.78, 5) is 27.0. The summed E-state index contributed by atoms with van der Waals surface area (Å²) >= 11 is 6.11. The minimum absolute atomic E-state index is 0.0201. The second-order valence-corrected chi connectivity index (χ2v) is 6.62. The number of piperidine rings is 1. The van der Waals surface area contributed by atoms with Crippen LogP contribution in [0.5, 0.6) is 0 Å². The second kappa shape index (κ2) is 8.17. The Labute approximate surface area is 152 Å². The van der Waals surface area contributed by atoms with Gasteiger partial charge in [0, 0.05) is 18.1 Å². The molecule has 2 aromatic carbocycles. The zero-order chi connectivity index (χ0) is 17.6. The molecule has 1 fully saturated rings. The average Bonchev–Trinajstić information content (AvgIpc) is 2.64. The lowest BCUT2D eigenvalue weighted by Crippen LogP contribution is -2.36. The monoisotopic (exact) mass is 356 g/mol. The number of nitrogens with zero attached hydrogens (tertiary/aromatic N) is 1. The lowest BCUT2D eigenvalue weighted by molar-refractivity contribution is -0.115. The van der Waals surface area contributed by atoms with Gasteiger partial charge < -0.3 is 10.2 Å². The lowest BCUT2D eigenvalue weighted by Gasteiger charge is -2.27. The number of carbonyl (C=O) groups is 2. The van der Waals surface area contributed by atoms with Gasteiger partial charge in [0.1, 0.15) is 0 Å². The third-order valence-corrected chi connectivity index (χ3v) is 4.75. The molecule has 25 heavy (non-hydrogen) atoms. The molecule has 0 spiro atoms. The number of halogens is 1. The van der Waals surface area contributed by atoms with Gasteiger partial charge in [0.15, 0.2) is 0 Å². The number of amides is 2. The fourth-order valence-corrected chi connectivity index (χ4v) is 3.26. The van der Waals surface area contributed by atoms with Crippen molar-refractivity contribution in [1.29, 1.82) is 0 Å². The summed E-state index contributed by atoms with van der Waals surface area (Å²) in [7, 11) is 0. The molecular formula is C20H21ClN2O2. The highest BCUT2D eigenvalue weighted by Crippen LogP contribution is 2.21. The quantitative estimate of drug-likeness (QED) is 0.894. The molecule has 2 aromatic rings. The molecule has 1 aliphatic heterocycles. The summed E-state index contributed by atoms with van der Waals surface area (Å²) in [5, 5.41) is 3.43. The highest BCUT2D eigenvalue weighted by molar-refractivity contribution is 6.31. The number of hydrogen-bond donors (Lipinski definition) is 1. The van der Waals surface area contributed by atoms with E-state index >= 15 is 0 Å². The minimum atomic E-state index is -0.188. The SMILES string of the molecule is O=C(Cc1ccccc1Cl)Nc1ccccc1C(=O)N1CCCCC1. The van der Waals surface area contributed by atoms with Crippen LogP contribution in [0.3, 0.4) is 0 Å². The highest BCUT2D eigenvalue weighted by atomic mass is 35.5. The van der Waals surface area contributed by atoms with Crippen molar-refractivity contribution in [3.63, 3.8) is 0 Å². The molecule has 0 radical (unpaired) electrons. The Morgan fingerprint density at radius 1 is 0.960 bits per heavy atom. The fourth-order valence-electron chi connectivity index (χ4n) is 3.06. The van der Waals surface area contributed by atoms with Gasteiger partial charge in [-0.05, 0) is 43.0 Å². The molecule has 5 heteroatoms. The van der Waals surface area contributed by atoms with E-state index in [2.05, 4.69) is 5.32 Å². The van der Waals surface area contributed by atoms with Gasteiger partial charge in [-0.15, -0.1) is 0 Å². The van der Waals surface area contributed by atoms with Crippen LogP contribution in [-0.4, -0.2) is 29.8 Å². The van der Waals surface area contributed by atoms with Crippen LogP contribution in [0.1, 0.15) is 35.2 Å². The first-order chi connectivity index (χ1) is 12.1. The Balaban J connectivity index is 1.73. The van der Waals surface area contributed by atoms with E-state index in [1.165, 1.54) is 6.42 Å². The van der Waals surface area contributed by atoms with Gasteiger partial charge in [0.2, 0.25) is 5.91 Å². The van der Waals surface area contributed by atoms with Crippen molar-refractivity contribution in [2.75, 3.05) is 18.4 Å². The number of likely N-dealkylation sites (tertiary alicyclic amines) is 1. The largest absolute Gasteiger partial charge is 0.339 e. The van der Waals surface area contributed by atoms with Gasteiger partial charge in [-0.1, -0.05) is 41.9 Å². The normalized spacial score (nSPS) is 14.2. The molecule has 0 unspecified atom stereocenters. The van der Waals surface area contributed by atoms with Crippen LogP contribution in [0.2, 0.25) is 5.02 Å². The summed E-state index contributed by atoms with van der Waals surface area (Å²) in [5.74, 6) is -0.208. The van der Waals surface area contributed by atoms with Gasteiger partial charge in [-0.25, -0.2) is 0 Å². The van der Waals surface area contributed by atoms with Gasteiger partial charge in [0.05, 0.1) is 17.7 Å². The molecule has 1 saturated heterocycles. The summed E-state index contributed by atoms with van der Waals surface area (Å²) in [5.41, 5.74) is 1.86. The summed E-state index contributed by atoms with van der Waals surface area (Å²) in [6.45, 7) is 1.56. The highest BCUT2D eigenvalue weighted by Gasteiger charge is 2.21. The number of para-hydroxylation sites is 1. The van der Waals surface area contributed by atoms with E-state index in [-0.39, 0.29) is 18.2 Å². The van der Waals surface area contributed by atoms with Crippen LogP contribution in [0.25, 0.3) is 0 Å². The predicted molar refractivity (Wildman–Crippen MR) is 100.0 cm³/mol. The Kier molecular flexibility index (Phi) is 5.71. The fraction of sp³-hybridized carbons (Fsp3) is 0.300. The average molecular weight is 357 g/mol. The predicted octanol–water partition coefficient (Wildman–Crippen LogP) is 4.15. The first-order valence-corrected chi connectivity index (χ1v) is 8.94. The van der Waals surface area contributed by atoms with Crippen LogP contribution >= 0.6 is 11.6 Å². The van der Waals surface area contributed by atoms with E-state index in [0.717, 1.165) is 31.5 Å². The number of rotatable bonds is 4. The molecule has 130 valence electrons. The standard InChI is InChI=1S/C20H21ClN2O2/c21-17-10-4-2-8-15(17)14-19(24)22-18-11-5-3-9-16(18)20(25)23-12-6-1-7-13-23/h2-5,8-11H,1,6-7,12-14H2,(H,22,24). The molecule has 1 N–H and O–H groups in total.